The maximum absolute atomic E-state index is 4.53. The van der Waals surface area contributed by atoms with E-state index >= 15 is 0 Å². The van der Waals surface area contributed by atoms with E-state index in [1.807, 2.05) is 36.1 Å². The van der Waals surface area contributed by atoms with Crippen LogP contribution in [0.15, 0.2) is 42.7 Å². The number of nitrogens with one attached hydrogen (secondary N) is 1. The summed E-state index contributed by atoms with van der Waals surface area (Å²) in [5.74, 6) is 0.428. The molecular weight excluding hydrogens is 260 g/mol. The van der Waals surface area contributed by atoms with Crippen molar-refractivity contribution in [2.45, 2.75) is 26.3 Å². The van der Waals surface area contributed by atoms with Crippen LogP contribution < -0.4 is 5.32 Å². The van der Waals surface area contributed by atoms with Crippen molar-refractivity contribution in [3.63, 3.8) is 0 Å². The third-order valence-electron chi connectivity index (χ3n) is 3.56. The summed E-state index contributed by atoms with van der Waals surface area (Å²) >= 11 is 0. The molecule has 0 aliphatic heterocycles. The Labute approximate surface area is 124 Å². The van der Waals surface area contributed by atoms with Crippen LogP contribution in [0.2, 0.25) is 0 Å². The minimum absolute atomic E-state index is 0.428. The molecule has 0 unspecified atom stereocenters. The molecule has 4 heteroatoms. The summed E-state index contributed by atoms with van der Waals surface area (Å²) in [5.41, 5.74) is 4.44. The molecule has 2 aromatic heterocycles. The standard InChI is InChI=1S/C17H20N4/c1-12(2)17-14(11-21(3)20-17)9-18-15-8-13-6-4-5-7-16(13)19-10-15/h4-8,10-12,18H,9H2,1-3H3. The summed E-state index contributed by atoms with van der Waals surface area (Å²) in [6.07, 6.45) is 3.96. The molecule has 21 heavy (non-hydrogen) atoms. The van der Waals surface area contributed by atoms with Crippen LogP contribution in [0, 0.1) is 0 Å². The third kappa shape index (κ3) is 2.89. The Hall–Kier alpha value is -2.36. The van der Waals surface area contributed by atoms with Crippen LogP contribution in [0.1, 0.15) is 31.0 Å². The van der Waals surface area contributed by atoms with Crippen molar-refractivity contribution in [2.75, 3.05) is 5.32 Å². The smallest absolute Gasteiger partial charge is 0.0703 e. The monoisotopic (exact) mass is 280 g/mol. The molecule has 108 valence electrons. The molecule has 0 fully saturated rings. The average molecular weight is 280 g/mol. The van der Waals surface area contributed by atoms with Gasteiger partial charge in [-0.05, 0) is 18.1 Å². The van der Waals surface area contributed by atoms with Gasteiger partial charge < -0.3 is 5.32 Å². The Morgan fingerprint density at radius 1 is 1.24 bits per heavy atom. The zero-order valence-electron chi connectivity index (χ0n) is 12.7. The van der Waals surface area contributed by atoms with Gasteiger partial charge in [0.2, 0.25) is 0 Å². The number of aryl methyl sites for hydroxylation is 1. The molecule has 0 radical (unpaired) electrons. The van der Waals surface area contributed by atoms with E-state index in [0.717, 1.165) is 28.8 Å². The van der Waals surface area contributed by atoms with E-state index in [1.54, 1.807) is 0 Å². The lowest BCUT2D eigenvalue weighted by molar-refractivity contribution is 0.712. The van der Waals surface area contributed by atoms with E-state index in [0.29, 0.717) is 5.92 Å². The molecule has 0 bridgehead atoms. The normalized spacial score (nSPS) is 11.2. The van der Waals surface area contributed by atoms with Crippen LogP contribution in [-0.2, 0) is 13.6 Å². The van der Waals surface area contributed by atoms with Crippen molar-refractivity contribution in [3.05, 3.63) is 54.0 Å². The number of aromatic nitrogens is 3. The minimum Gasteiger partial charge on any atom is -0.380 e. The third-order valence-corrected chi connectivity index (χ3v) is 3.56. The summed E-state index contributed by atoms with van der Waals surface area (Å²) in [6.45, 7) is 5.11. The number of para-hydroxylation sites is 1. The molecular formula is C17H20N4. The van der Waals surface area contributed by atoms with E-state index in [2.05, 4.69) is 47.6 Å². The van der Waals surface area contributed by atoms with E-state index in [1.165, 1.54) is 5.56 Å². The zero-order valence-corrected chi connectivity index (χ0v) is 12.7. The van der Waals surface area contributed by atoms with E-state index in [4.69, 9.17) is 0 Å². The second-order valence-electron chi connectivity index (χ2n) is 5.64. The van der Waals surface area contributed by atoms with Crippen LogP contribution in [0.25, 0.3) is 10.9 Å². The Bertz CT molecular complexity index is 758. The largest absolute Gasteiger partial charge is 0.380 e. The zero-order chi connectivity index (χ0) is 14.8. The van der Waals surface area contributed by atoms with Crippen LogP contribution >= 0.6 is 0 Å². The molecule has 0 aliphatic carbocycles. The molecule has 0 amide bonds. The summed E-state index contributed by atoms with van der Waals surface area (Å²) in [7, 11) is 1.97. The lowest BCUT2D eigenvalue weighted by Gasteiger charge is -2.08. The second kappa shape index (κ2) is 5.56. The van der Waals surface area contributed by atoms with Gasteiger partial charge in [0, 0.05) is 30.7 Å². The number of hydrogen-bond donors (Lipinski definition) is 1. The predicted molar refractivity (Wildman–Crippen MR) is 86.4 cm³/mol. The number of nitrogens with zero attached hydrogens (tertiary/aromatic N) is 3. The van der Waals surface area contributed by atoms with Crippen LogP contribution in [0.5, 0.6) is 0 Å². The van der Waals surface area contributed by atoms with Gasteiger partial charge in [0.25, 0.3) is 0 Å². The van der Waals surface area contributed by atoms with Crippen LogP contribution in [0.3, 0.4) is 0 Å². The van der Waals surface area contributed by atoms with Gasteiger partial charge >= 0.3 is 0 Å². The molecule has 0 saturated heterocycles. The highest BCUT2D eigenvalue weighted by molar-refractivity contribution is 5.81. The number of rotatable bonds is 4. The maximum atomic E-state index is 4.53. The fraction of sp³-hybridized carbons (Fsp3) is 0.294. The Morgan fingerprint density at radius 2 is 2.05 bits per heavy atom. The summed E-state index contributed by atoms with van der Waals surface area (Å²) in [5, 5.41) is 9.13. The van der Waals surface area contributed by atoms with Gasteiger partial charge in [0.05, 0.1) is 23.1 Å². The highest BCUT2D eigenvalue weighted by Gasteiger charge is 2.11. The number of anilines is 1. The van der Waals surface area contributed by atoms with Gasteiger partial charge in [-0.25, -0.2) is 0 Å². The van der Waals surface area contributed by atoms with Crippen molar-refractivity contribution in [1.82, 2.24) is 14.8 Å². The van der Waals surface area contributed by atoms with Crippen LogP contribution in [-0.4, -0.2) is 14.8 Å². The topological polar surface area (TPSA) is 42.7 Å². The molecule has 1 aromatic carbocycles. The van der Waals surface area contributed by atoms with E-state index in [-0.39, 0.29) is 0 Å². The van der Waals surface area contributed by atoms with E-state index < -0.39 is 0 Å². The van der Waals surface area contributed by atoms with Gasteiger partial charge in [-0.15, -0.1) is 0 Å². The first-order chi connectivity index (χ1) is 10.1. The maximum Gasteiger partial charge on any atom is 0.0703 e. The van der Waals surface area contributed by atoms with Gasteiger partial charge in [-0.3, -0.25) is 9.67 Å². The Morgan fingerprint density at radius 3 is 2.86 bits per heavy atom. The first-order valence-corrected chi connectivity index (χ1v) is 7.24. The fourth-order valence-corrected chi connectivity index (χ4v) is 2.54. The molecule has 0 aliphatic rings. The summed E-state index contributed by atoms with van der Waals surface area (Å²) < 4.78 is 1.88. The molecule has 3 rings (SSSR count). The predicted octanol–water partition coefficient (Wildman–Crippen LogP) is 3.70. The minimum atomic E-state index is 0.428. The van der Waals surface area contributed by atoms with Crippen molar-refractivity contribution >= 4 is 16.6 Å². The number of fused-ring (bicyclic) bond motifs is 1. The first-order valence-electron chi connectivity index (χ1n) is 7.24. The summed E-state index contributed by atoms with van der Waals surface area (Å²) in [6, 6.07) is 10.3. The highest BCUT2D eigenvalue weighted by Crippen LogP contribution is 2.20. The van der Waals surface area contributed by atoms with Crippen molar-refractivity contribution < 1.29 is 0 Å². The lowest BCUT2D eigenvalue weighted by atomic mass is 10.1. The molecule has 2 heterocycles. The highest BCUT2D eigenvalue weighted by atomic mass is 15.3. The fourth-order valence-electron chi connectivity index (χ4n) is 2.54. The van der Waals surface area contributed by atoms with E-state index in [9.17, 15) is 0 Å². The molecule has 0 atom stereocenters. The van der Waals surface area contributed by atoms with Gasteiger partial charge in [-0.1, -0.05) is 32.0 Å². The average Bonchev–Trinajstić information content (AvgIpc) is 2.86. The summed E-state index contributed by atoms with van der Waals surface area (Å²) in [4.78, 5) is 4.47. The lowest BCUT2D eigenvalue weighted by Crippen LogP contribution is -2.03. The van der Waals surface area contributed by atoms with Gasteiger partial charge in [-0.2, -0.15) is 5.10 Å². The molecule has 0 saturated carbocycles. The van der Waals surface area contributed by atoms with Crippen molar-refractivity contribution in [1.29, 1.82) is 0 Å². The molecule has 4 nitrogen and oxygen atoms in total. The first kappa shape index (κ1) is 13.6. The Kier molecular flexibility index (Phi) is 3.60. The molecule has 1 N–H and O–H groups in total. The Balaban J connectivity index is 1.80. The molecule has 3 aromatic rings. The number of benzene rings is 1. The quantitative estimate of drug-likeness (QED) is 0.792. The molecule has 0 spiro atoms. The SMILES string of the molecule is CC(C)c1nn(C)cc1CNc1cnc2ccccc2c1. The van der Waals surface area contributed by atoms with Gasteiger partial charge in [0.15, 0.2) is 0 Å². The van der Waals surface area contributed by atoms with Crippen molar-refractivity contribution in [3.8, 4) is 0 Å². The number of hydrogen-bond acceptors (Lipinski definition) is 3. The van der Waals surface area contributed by atoms with Crippen molar-refractivity contribution in [2.24, 2.45) is 7.05 Å². The second-order valence-corrected chi connectivity index (χ2v) is 5.64. The van der Waals surface area contributed by atoms with Crippen LogP contribution in [0.4, 0.5) is 5.69 Å². The number of pyridine rings is 1. The van der Waals surface area contributed by atoms with Gasteiger partial charge in [0.1, 0.15) is 0 Å².